The van der Waals surface area contributed by atoms with E-state index in [1.165, 1.54) is 23.5 Å². The second-order valence-corrected chi connectivity index (χ2v) is 5.60. The van der Waals surface area contributed by atoms with Crippen molar-refractivity contribution in [3.8, 4) is 0 Å². The molecule has 0 aromatic rings. The highest BCUT2D eigenvalue weighted by atomic mass is 32.2. The third kappa shape index (κ3) is 2.74. The first-order valence-electron chi connectivity index (χ1n) is 5.22. The molecule has 0 aromatic carbocycles. The highest BCUT2D eigenvalue weighted by Crippen LogP contribution is 2.17. The molecule has 16 heavy (non-hydrogen) atoms. The van der Waals surface area contributed by atoms with Gasteiger partial charge in [-0.25, -0.2) is 0 Å². The van der Waals surface area contributed by atoms with Crippen LogP contribution >= 0.6 is 23.5 Å². The van der Waals surface area contributed by atoms with Crippen LogP contribution in [-0.2, 0) is 9.59 Å². The molecule has 2 rings (SSSR count). The molecule has 86 valence electrons. The van der Waals surface area contributed by atoms with Crippen molar-refractivity contribution < 1.29 is 9.59 Å². The molecule has 2 heterocycles. The van der Waals surface area contributed by atoms with Crippen LogP contribution in [0.1, 0.15) is 12.8 Å². The first kappa shape index (κ1) is 11.9. The summed E-state index contributed by atoms with van der Waals surface area (Å²) in [6.45, 7) is 1.31. The van der Waals surface area contributed by atoms with Gasteiger partial charge < -0.3 is 0 Å². The van der Waals surface area contributed by atoms with Crippen molar-refractivity contribution in [1.82, 2.24) is 0 Å². The predicted octanol–water partition coefficient (Wildman–Crippen LogP) is 1.20. The maximum Gasteiger partial charge on any atom is 0.260 e. The van der Waals surface area contributed by atoms with Crippen LogP contribution in [0.25, 0.3) is 0 Å². The smallest absolute Gasteiger partial charge is 0.260 e. The Morgan fingerprint density at radius 3 is 1.62 bits per heavy atom. The number of carbonyl (C=O) groups is 2. The van der Waals surface area contributed by atoms with Crippen molar-refractivity contribution in [3.05, 3.63) is 0 Å². The Bertz CT molecular complexity index is 341. The van der Waals surface area contributed by atoms with Gasteiger partial charge in [-0.2, -0.15) is 0 Å². The molecule has 2 aliphatic heterocycles. The fourth-order valence-corrected chi connectivity index (χ4v) is 3.13. The predicted molar refractivity (Wildman–Crippen MR) is 68.8 cm³/mol. The number of Topliss-reactive ketones (excluding diaryl/α,β-unsaturated/α-hetero) is 2. The number of rotatable bonds is 3. The molecule has 0 unspecified atom stereocenters. The SMILES string of the molecule is O=C(C(=O)C1=NCCCS1)C1=NCCCS1. The highest BCUT2D eigenvalue weighted by molar-refractivity contribution is 8.17. The molecule has 0 aliphatic carbocycles. The quantitative estimate of drug-likeness (QED) is 0.712. The van der Waals surface area contributed by atoms with Crippen molar-refractivity contribution in [1.29, 1.82) is 0 Å². The minimum atomic E-state index is -0.474. The molecule has 0 amide bonds. The molecule has 0 saturated heterocycles. The first-order chi connectivity index (χ1) is 7.79. The highest BCUT2D eigenvalue weighted by Gasteiger charge is 2.27. The molecule has 0 bridgehead atoms. The van der Waals surface area contributed by atoms with Gasteiger partial charge in [0.1, 0.15) is 10.1 Å². The van der Waals surface area contributed by atoms with Gasteiger partial charge in [0.15, 0.2) is 0 Å². The van der Waals surface area contributed by atoms with Gasteiger partial charge in [-0.3, -0.25) is 19.6 Å². The normalized spacial score (nSPS) is 21.0. The second kappa shape index (κ2) is 5.63. The van der Waals surface area contributed by atoms with E-state index < -0.39 is 11.6 Å². The summed E-state index contributed by atoms with van der Waals surface area (Å²) in [6.07, 6.45) is 1.96. The largest absolute Gasteiger partial charge is 0.282 e. The zero-order chi connectivity index (χ0) is 11.4. The molecule has 0 spiro atoms. The van der Waals surface area contributed by atoms with Crippen molar-refractivity contribution in [2.45, 2.75) is 12.8 Å². The third-order valence-corrected chi connectivity index (χ3v) is 4.35. The minimum Gasteiger partial charge on any atom is -0.282 e. The number of carbonyl (C=O) groups excluding carboxylic acids is 2. The number of hydrogen-bond acceptors (Lipinski definition) is 6. The molecule has 4 nitrogen and oxygen atoms in total. The molecule has 6 heteroatoms. The van der Waals surface area contributed by atoms with Crippen LogP contribution in [0.4, 0.5) is 0 Å². The van der Waals surface area contributed by atoms with E-state index in [-0.39, 0.29) is 0 Å². The average molecular weight is 256 g/mol. The van der Waals surface area contributed by atoms with E-state index in [1.807, 2.05) is 0 Å². The Hall–Kier alpha value is -0.620. The third-order valence-electron chi connectivity index (χ3n) is 2.19. The summed E-state index contributed by atoms with van der Waals surface area (Å²) in [5, 5.41) is 0.732. The second-order valence-electron chi connectivity index (χ2n) is 3.44. The van der Waals surface area contributed by atoms with Gasteiger partial charge >= 0.3 is 0 Å². The Kier molecular flexibility index (Phi) is 4.17. The van der Waals surface area contributed by atoms with Gasteiger partial charge in [0.2, 0.25) is 0 Å². The van der Waals surface area contributed by atoms with Crippen molar-refractivity contribution in [2.75, 3.05) is 24.6 Å². The molecule has 0 aromatic heterocycles. The lowest BCUT2D eigenvalue weighted by Gasteiger charge is -2.12. The Morgan fingerprint density at radius 2 is 1.31 bits per heavy atom. The lowest BCUT2D eigenvalue weighted by Crippen LogP contribution is -2.30. The zero-order valence-electron chi connectivity index (χ0n) is 8.77. The fraction of sp³-hybridized carbons (Fsp3) is 0.600. The van der Waals surface area contributed by atoms with E-state index in [4.69, 9.17) is 0 Å². The van der Waals surface area contributed by atoms with E-state index in [0.29, 0.717) is 23.2 Å². The van der Waals surface area contributed by atoms with E-state index in [9.17, 15) is 9.59 Å². The van der Waals surface area contributed by atoms with Crippen LogP contribution in [-0.4, -0.2) is 46.2 Å². The van der Waals surface area contributed by atoms with E-state index in [1.54, 1.807) is 0 Å². The monoisotopic (exact) mass is 256 g/mol. The lowest BCUT2D eigenvalue weighted by atomic mass is 10.3. The van der Waals surface area contributed by atoms with Gasteiger partial charge in [0.25, 0.3) is 11.6 Å². The number of ketones is 2. The molecule has 2 aliphatic rings. The van der Waals surface area contributed by atoms with Crippen LogP contribution in [0.3, 0.4) is 0 Å². The molecule has 0 radical (unpaired) electrons. The summed E-state index contributed by atoms with van der Waals surface area (Å²) in [5.74, 6) is 0.797. The molecular weight excluding hydrogens is 244 g/mol. The number of hydrogen-bond donors (Lipinski definition) is 0. The van der Waals surface area contributed by atoms with Crippen LogP contribution in [0.2, 0.25) is 0 Å². The van der Waals surface area contributed by atoms with E-state index >= 15 is 0 Å². The van der Waals surface area contributed by atoms with Crippen molar-refractivity contribution >= 4 is 45.2 Å². The van der Waals surface area contributed by atoms with Crippen LogP contribution in [0, 0.1) is 0 Å². The van der Waals surface area contributed by atoms with Crippen LogP contribution < -0.4 is 0 Å². The summed E-state index contributed by atoms with van der Waals surface area (Å²) in [7, 11) is 0. The van der Waals surface area contributed by atoms with Crippen LogP contribution in [0.15, 0.2) is 9.98 Å². The zero-order valence-corrected chi connectivity index (χ0v) is 10.4. The average Bonchev–Trinajstić information content (AvgIpc) is 2.39. The molecular formula is C10H12N2O2S2. The molecule has 0 fully saturated rings. The summed E-state index contributed by atoms with van der Waals surface area (Å²) in [4.78, 5) is 31.8. The summed E-state index contributed by atoms with van der Waals surface area (Å²) < 4.78 is 0. The molecule has 0 atom stereocenters. The van der Waals surface area contributed by atoms with Gasteiger partial charge in [0, 0.05) is 24.6 Å². The van der Waals surface area contributed by atoms with Gasteiger partial charge in [-0.15, -0.1) is 23.5 Å². The topological polar surface area (TPSA) is 58.9 Å². The van der Waals surface area contributed by atoms with E-state index in [0.717, 1.165) is 24.3 Å². The molecule has 0 N–H and O–H groups in total. The number of thioether (sulfide) groups is 2. The number of aliphatic imine (C=N–C) groups is 2. The number of nitrogens with zero attached hydrogens (tertiary/aromatic N) is 2. The first-order valence-corrected chi connectivity index (χ1v) is 7.19. The summed E-state index contributed by atoms with van der Waals surface area (Å²) in [5.41, 5.74) is 0. The maximum absolute atomic E-state index is 11.8. The standard InChI is InChI=1S/C10H12N2O2S2/c13-7(9-11-3-1-5-15-9)8(14)10-12-4-2-6-16-10/h1-6H2. The van der Waals surface area contributed by atoms with Gasteiger partial charge in [-0.1, -0.05) is 0 Å². The van der Waals surface area contributed by atoms with Crippen molar-refractivity contribution in [3.63, 3.8) is 0 Å². The molecule has 0 saturated carbocycles. The maximum atomic E-state index is 11.8. The Labute approximate surface area is 102 Å². The minimum absolute atomic E-state index is 0.366. The Morgan fingerprint density at radius 1 is 0.875 bits per heavy atom. The summed E-state index contributed by atoms with van der Waals surface area (Å²) >= 11 is 2.76. The fourth-order valence-electron chi connectivity index (χ4n) is 1.39. The van der Waals surface area contributed by atoms with E-state index in [2.05, 4.69) is 9.98 Å². The van der Waals surface area contributed by atoms with Gasteiger partial charge in [-0.05, 0) is 12.8 Å². The summed E-state index contributed by atoms with van der Waals surface area (Å²) in [6, 6.07) is 0. The lowest BCUT2D eigenvalue weighted by molar-refractivity contribution is -0.128. The Balaban J connectivity index is 2.06. The van der Waals surface area contributed by atoms with Gasteiger partial charge in [0.05, 0.1) is 0 Å². The van der Waals surface area contributed by atoms with Crippen LogP contribution in [0.5, 0.6) is 0 Å². The van der Waals surface area contributed by atoms with Crippen molar-refractivity contribution in [2.24, 2.45) is 9.98 Å².